The molecule has 0 aromatic carbocycles. The highest BCUT2D eigenvalue weighted by molar-refractivity contribution is 7.22. The van der Waals surface area contributed by atoms with Gasteiger partial charge >= 0.3 is 0 Å². The van der Waals surface area contributed by atoms with Gasteiger partial charge in [-0.15, -0.1) is 0 Å². The average molecular weight is 625 g/mol. The van der Waals surface area contributed by atoms with Gasteiger partial charge in [-0.3, -0.25) is 20.1 Å². The minimum absolute atomic E-state index is 0.128. The molecule has 0 bridgehead atoms. The molecule has 1 N–H and O–H groups in total. The summed E-state index contributed by atoms with van der Waals surface area (Å²) in [7, 11) is -0.384. The molecule has 8 nitrogen and oxygen atoms in total. The van der Waals surface area contributed by atoms with E-state index in [0.29, 0.717) is 27.5 Å². The van der Waals surface area contributed by atoms with E-state index in [2.05, 4.69) is 65.2 Å². The number of anilines is 1. The molecule has 0 aliphatic heterocycles. The van der Waals surface area contributed by atoms with Crippen molar-refractivity contribution in [2.75, 3.05) is 12.4 Å². The maximum Gasteiger partial charge on any atom is 0.259 e. The highest BCUT2D eigenvalue weighted by atomic mass is 35.5. The molecule has 220 valence electrons. The largest absolute Gasteiger partial charge is 0.494 e. The fraction of sp³-hybridized carbons (Fsp3) is 0.387. The summed E-state index contributed by atoms with van der Waals surface area (Å²) in [6.07, 6.45) is 9.52. The van der Waals surface area contributed by atoms with Crippen LogP contribution in [0.5, 0.6) is 5.75 Å². The molecule has 0 spiro atoms. The molecule has 4 aromatic rings. The van der Waals surface area contributed by atoms with E-state index in [1.54, 1.807) is 6.20 Å². The number of carbonyl (C=O) groups excluding carboxylic acids is 1. The number of aryl methyl sites for hydroxylation is 1. The number of rotatable bonds is 7. The number of methoxy groups -OCH3 is 1. The average Bonchev–Trinajstić information content (AvgIpc) is 3.37. The van der Waals surface area contributed by atoms with Crippen molar-refractivity contribution >= 4 is 58.1 Å². The summed E-state index contributed by atoms with van der Waals surface area (Å²) >= 11 is 7.49. The highest BCUT2D eigenvalue weighted by Crippen LogP contribution is 2.40. The van der Waals surface area contributed by atoms with Gasteiger partial charge in [0, 0.05) is 33.2 Å². The Morgan fingerprint density at radius 3 is 2.64 bits per heavy atom. The molecule has 0 saturated heterocycles. The predicted octanol–water partition coefficient (Wildman–Crippen LogP) is 8.33. The Balaban J connectivity index is 1.39. The maximum atomic E-state index is 13.6. The van der Waals surface area contributed by atoms with E-state index < -0.39 is 21.1 Å². The first-order valence-electron chi connectivity index (χ1n) is 15.2. The summed E-state index contributed by atoms with van der Waals surface area (Å²) < 4.78 is 36.4. The minimum atomic E-state index is -2.49. The molecule has 0 radical (unpaired) electrons. The molecule has 1 aliphatic carbocycles. The molecule has 1 unspecified atom stereocenters. The van der Waals surface area contributed by atoms with Crippen molar-refractivity contribution in [1.82, 2.24) is 19.9 Å². The summed E-state index contributed by atoms with van der Waals surface area (Å²) in [5.41, 5.74) is 3.39. The van der Waals surface area contributed by atoms with Gasteiger partial charge in [0.05, 0.1) is 35.5 Å². The van der Waals surface area contributed by atoms with Gasteiger partial charge in [-0.1, -0.05) is 49.8 Å². The van der Waals surface area contributed by atoms with E-state index in [4.69, 9.17) is 24.9 Å². The van der Waals surface area contributed by atoms with E-state index in [9.17, 15) is 4.79 Å². The molecule has 4 heterocycles. The second-order valence-corrected chi connectivity index (χ2v) is 18.0. The van der Waals surface area contributed by atoms with Crippen LogP contribution in [0.2, 0.25) is 23.3 Å². The summed E-state index contributed by atoms with van der Waals surface area (Å²) in [6.45, 7) is 8.86. The molecule has 0 fully saturated rings. The topological polar surface area (TPSA) is 99.1 Å². The number of pyridine rings is 3. The van der Waals surface area contributed by atoms with Gasteiger partial charge in [0.15, 0.2) is 13.4 Å². The summed E-state index contributed by atoms with van der Waals surface area (Å²) in [5, 5.41) is 3.55. The van der Waals surface area contributed by atoms with Crippen LogP contribution in [0.4, 0.5) is 5.13 Å². The van der Waals surface area contributed by atoms with Gasteiger partial charge in [-0.2, -0.15) is 0 Å². The third-order valence-electron chi connectivity index (χ3n) is 7.95. The van der Waals surface area contributed by atoms with Crippen LogP contribution in [0.15, 0.2) is 42.9 Å². The maximum absolute atomic E-state index is 13.6. The molecule has 5 rings (SSSR count). The summed E-state index contributed by atoms with van der Waals surface area (Å²) in [4.78, 5) is 30.9. The Morgan fingerprint density at radius 1 is 1.14 bits per heavy atom. The van der Waals surface area contributed by atoms with E-state index in [0.717, 1.165) is 29.7 Å². The zero-order valence-corrected chi connectivity index (χ0v) is 27.1. The number of hydrogen-bond acceptors (Lipinski definition) is 8. The number of hydrogen-bond donors (Lipinski definition) is 1. The molecule has 1 amide bonds. The monoisotopic (exact) mass is 624 g/mol. The number of nitrogens with zero attached hydrogens (tertiary/aromatic N) is 4. The zero-order chi connectivity index (χ0) is 32.7. The SMILES string of the molecule is [2H]C([2H])([2H])c1cc(-c2cc(Cl)ncc2OC)c(C(=O)Nc2nc3cnc(C4=CCC(O[Si](C)(C)C(C)(C)C)CC4)cc3s2)cn1. The van der Waals surface area contributed by atoms with Gasteiger partial charge in [0.1, 0.15) is 16.4 Å². The van der Waals surface area contributed by atoms with Crippen LogP contribution >= 0.6 is 22.9 Å². The van der Waals surface area contributed by atoms with Crippen LogP contribution in [0, 0.1) is 6.85 Å². The number of ether oxygens (including phenoxy) is 1. The van der Waals surface area contributed by atoms with E-state index >= 15 is 0 Å². The number of amides is 1. The molecule has 11 heteroatoms. The van der Waals surface area contributed by atoms with Crippen LogP contribution < -0.4 is 10.1 Å². The summed E-state index contributed by atoms with van der Waals surface area (Å²) in [6, 6.07) is 4.87. The quantitative estimate of drug-likeness (QED) is 0.163. The number of thiazole rings is 1. The van der Waals surface area contributed by atoms with Crippen molar-refractivity contribution in [2.45, 2.75) is 71.1 Å². The third kappa shape index (κ3) is 6.41. The first kappa shape index (κ1) is 26.4. The molecule has 0 saturated carbocycles. The molecular formula is C31H36ClN5O3SSi. The fourth-order valence-electron chi connectivity index (χ4n) is 4.62. The van der Waals surface area contributed by atoms with Crippen LogP contribution in [0.25, 0.3) is 26.9 Å². The molecular weight excluding hydrogens is 586 g/mol. The summed E-state index contributed by atoms with van der Waals surface area (Å²) in [5.74, 6) is -0.191. The van der Waals surface area contributed by atoms with Crippen molar-refractivity contribution < 1.29 is 18.1 Å². The van der Waals surface area contributed by atoms with Crippen LogP contribution in [0.3, 0.4) is 0 Å². The first-order valence-corrected chi connectivity index (χ1v) is 17.8. The normalized spacial score (nSPS) is 17.3. The number of fused-ring (bicyclic) bond motifs is 1. The van der Waals surface area contributed by atoms with E-state index in [-0.39, 0.29) is 27.6 Å². The zero-order valence-electron chi connectivity index (χ0n) is 27.5. The Morgan fingerprint density at radius 2 is 1.95 bits per heavy atom. The Bertz CT molecular complexity index is 1790. The van der Waals surface area contributed by atoms with Crippen molar-refractivity contribution in [3.63, 3.8) is 0 Å². The Labute approximate surface area is 260 Å². The molecule has 1 aliphatic rings. The lowest BCUT2D eigenvalue weighted by atomic mass is 9.95. The second kappa shape index (κ2) is 11.8. The van der Waals surface area contributed by atoms with Crippen LogP contribution in [-0.2, 0) is 4.43 Å². The number of carbonyl (C=O) groups is 1. The second-order valence-electron chi connectivity index (χ2n) is 11.8. The van der Waals surface area contributed by atoms with Crippen molar-refractivity contribution in [3.05, 3.63) is 65.0 Å². The lowest BCUT2D eigenvalue weighted by molar-refractivity contribution is 0.102. The van der Waals surface area contributed by atoms with Crippen molar-refractivity contribution in [3.8, 4) is 16.9 Å². The van der Waals surface area contributed by atoms with Crippen LogP contribution in [0.1, 0.15) is 65.9 Å². The van der Waals surface area contributed by atoms with Gasteiger partial charge in [0.25, 0.3) is 5.91 Å². The van der Waals surface area contributed by atoms with E-state index in [1.165, 1.54) is 48.5 Å². The number of allylic oxidation sites excluding steroid dienone is 1. The van der Waals surface area contributed by atoms with Gasteiger partial charge < -0.3 is 9.16 Å². The number of halogens is 1. The molecule has 4 aromatic heterocycles. The standard InChI is InChI=1S/C31H36ClN5O3SSi/c1-18-12-21(22-13-28(32)35-17-26(22)39-5)23(15-33-18)29(38)37-30-36-25-16-34-24(14-27(25)41-30)19-8-10-20(11-9-19)40-42(6,7)31(2,3)4/h8,12-17,20H,9-11H2,1-7H3,(H,36,37,38)/i1D3. The van der Waals surface area contributed by atoms with Crippen molar-refractivity contribution in [1.29, 1.82) is 0 Å². The van der Waals surface area contributed by atoms with Gasteiger partial charge in [-0.05, 0) is 68.0 Å². The third-order valence-corrected chi connectivity index (χ3v) is 13.6. The Kier molecular flexibility index (Phi) is 7.45. The molecule has 42 heavy (non-hydrogen) atoms. The van der Waals surface area contributed by atoms with Crippen LogP contribution in [-0.4, -0.2) is 47.4 Å². The Hall–Kier alpha value is -3.18. The predicted molar refractivity (Wildman–Crippen MR) is 173 cm³/mol. The molecule has 1 atom stereocenters. The highest BCUT2D eigenvalue weighted by Gasteiger charge is 2.39. The lowest BCUT2D eigenvalue weighted by Crippen LogP contribution is -2.44. The van der Waals surface area contributed by atoms with Gasteiger partial charge in [-0.25, -0.2) is 9.97 Å². The first-order chi connectivity index (χ1) is 21.1. The van der Waals surface area contributed by atoms with Crippen molar-refractivity contribution in [2.24, 2.45) is 0 Å². The van der Waals surface area contributed by atoms with E-state index in [1.807, 2.05) is 6.07 Å². The lowest BCUT2D eigenvalue weighted by Gasteiger charge is -2.40. The van der Waals surface area contributed by atoms with Gasteiger partial charge in [0.2, 0.25) is 0 Å². The number of aromatic nitrogens is 4. The fourth-order valence-corrected chi connectivity index (χ4v) is 7.05. The smallest absolute Gasteiger partial charge is 0.259 e. The minimum Gasteiger partial charge on any atom is -0.494 e. The number of nitrogens with one attached hydrogen (secondary N) is 1.